The molecule has 87 heavy (non-hydrogen) atoms. The molecule has 0 unspecified atom stereocenters. The maximum absolute atomic E-state index is 14.3. The molecule has 26 nitrogen and oxygen atoms in total. The molecule has 6 rings (SSSR count). The van der Waals surface area contributed by atoms with E-state index in [1.165, 1.54) is 19.4 Å². The molecule has 2 aromatic carbocycles. The third-order valence-corrected chi connectivity index (χ3v) is 14.3. The van der Waals surface area contributed by atoms with Crippen molar-refractivity contribution < 1.29 is 66.2 Å². The summed E-state index contributed by atoms with van der Waals surface area (Å²) in [6.07, 6.45) is 0.507. The number of carbonyl (C=O) groups is 10. The summed E-state index contributed by atoms with van der Waals surface area (Å²) >= 11 is 0. The van der Waals surface area contributed by atoms with Gasteiger partial charge in [0.25, 0.3) is 0 Å². The minimum atomic E-state index is -5.08. The number of nitrogens with zero attached hydrogens (tertiary/aromatic N) is 1. The van der Waals surface area contributed by atoms with Crippen LogP contribution < -0.4 is 59.3 Å². The molecule has 17 N–H and O–H groups in total. The van der Waals surface area contributed by atoms with Crippen molar-refractivity contribution in [1.82, 2.24) is 67.8 Å². The largest absolute Gasteiger partial charge is 0.490 e. The topological polar surface area (TPSA) is 411 Å². The zero-order valence-corrected chi connectivity index (χ0v) is 49.5. The SMILES string of the molecule is CC(C)C[C@@H](CN[C@@H](CC(C)C)C(N)=O)NC(=O)[C@H](Cc1cnc[nH]1)NC(=O)CNC(=O)[C@@H](NC(=O)[C@H](C)NC(=O)[C@H](Cc1c[nH]c2ccccc12)NC(=O)[C@H](CCC(N)=O)NC(=O)[C@H]1Cc2c([nH]c3ccccc23)CN1)C(C)C.O=C(O)C(F)(F)F. The molecule has 0 radical (unpaired) electrons. The van der Waals surface area contributed by atoms with Crippen molar-refractivity contribution in [1.29, 1.82) is 0 Å². The number of fused-ring (bicyclic) bond motifs is 4. The minimum Gasteiger partial charge on any atom is -0.475 e. The number of carboxylic acids is 1. The molecule has 1 aliphatic rings. The maximum Gasteiger partial charge on any atom is 0.490 e. The number of aromatic nitrogens is 4. The van der Waals surface area contributed by atoms with E-state index < -0.39 is 126 Å². The molecule has 8 atom stereocenters. The van der Waals surface area contributed by atoms with Crippen LogP contribution in [0, 0.1) is 17.8 Å². The van der Waals surface area contributed by atoms with Gasteiger partial charge in [-0.25, -0.2) is 9.78 Å². The number of nitrogens with two attached hydrogens (primary N) is 2. The number of H-pyrrole nitrogens is 3. The Bertz CT molecular complexity index is 3200. The van der Waals surface area contributed by atoms with Crippen LogP contribution in [0.3, 0.4) is 0 Å². The lowest BCUT2D eigenvalue weighted by molar-refractivity contribution is -0.192. The van der Waals surface area contributed by atoms with Gasteiger partial charge in [0.2, 0.25) is 53.2 Å². The molecule has 9 amide bonds. The molecule has 0 saturated carbocycles. The van der Waals surface area contributed by atoms with Gasteiger partial charge in [0.05, 0.1) is 25.0 Å². The van der Waals surface area contributed by atoms with Gasteiger partial charge in [-0.3, -0.25) is 48.5 Å². The lowest BCUT2D eigenvalue weighted by atomic mass is 9.97. The minimum absolute atomic E-state index is 0.0313. The zero-order chi connectivity index (χ0) is 64.3. The first-order valence-corrected chi connectivity index (χ1v) is 28.5. The van der Waals surface area contributed by atoms with Crippen LogP contribution in [0.4, 0.5) is 13.2 Å². The number of carbonyl (C=O) groups excluding carboxylic acids is 9. The number of carboxylic acid groups (broad SMARTS) is 1. The first kappa shape index (κ1) is 68.9. The number of halogens is 3. The molecule has 0 fully saturated rings. The van der Waals surface area contributed by atoms with Crippen LogP contribution in [0.15, 0.2) is 67.3 Å². The van der Waals surface area contributed by atoms with Crippen LogP contribution in [0.1, 0.15) is 96.7 Å². The van der Waals surface area contributed by atoms with Crippen LogP contribution >= 0.6 is 0 Å². The summed E-state index contributed by atoms with van der Waals surface area (Å²) < 4.78 is 31.7. The van der Waals surface area contributed by atoms with Crippen LogP contribution in [-0.4, -0.2) is 152 Å². The van der Waals surface area contributed by atoms with E-state index in [2.05, 4.69) is 67.8 Å². The predicted octanol–water partition coefficient (Wildman–Crippen LogP) is 1.01. The number of aromatic amines is 3. The molecule has 474 valence electrons. The summed E-state index contributed by atoms with van der Waals surface area (Å²) in [6, 6.07) is 7.15. The second-order valence-electron chi connectivity index (χ2n) is 22.7. The number of benzene rings is 2. The lowest BCUT2D eigenvalue weighted by Crippen LogP contribution is -2.60. The molecule has 0 bridgehead atoms. The number of imidazole rings is 1. The summed E-state index contributed by atoms with van der Waals surface area (Å²) in [5.41, 5.74) is 16.0. The van der Waals surface area contributed by atoms with Crippen molar-refractivity contribution in [3.8, 4) is 0 Å². The number of aliphatic carboxylic acids is 1. The lowest BCUT2D eigenvalue weighted by Gasteiger charge is -2.28. The molecule has 0 spiro atoms. The Morgan fingerprint density at radius 1 is 0.701 bits per heavy atom. The van der Waals surface area contributed by atoms with E-state index in [1.807, 2.05) is 76.2 Å². The van der Waals surface area contributed by atoms with Crippen LogP contribution in [0.5, 0.6) is 0 Å². The van der Waals surface area contributed by atoms with Gasteiger partial charge >= 0.3 is 12.1 Å². The highest BCUT2D eigenvalue weighted by Crippen LogP contribution is 2.27. The van der Waals surface area contributed by atoms with Crippen molar-refractivity contribution in [2.45, 2.75) is 154 Å². The number of amides is 9. The highest BCUT2D eigenvalue weighted by atomic mass is 19.4. The Kier molecular flexibility index (Phi) is 25.4. The normalized spacial score (nSPS) is 15.5. The van der Waals surface area contributed by atoms with E-state index in [9.17, 15) is 56.3 Å². The average molecular weight is 1220 g/mol. The van der Waals surface area contributed by atoms with E-state index in [-0.39, 0.29) is 44.1 Å². The summed E-state index contributed by atoms with van der Waals surface area (Å²) in [6.45, 7) is 12.7. The zero-order valence-electron chi connectivity index (χ0n) is 49.5. The van der Waals surface area contributed by atoms with Crippen LogP contribution in [0.2, 0.25) is 0 Å². The summed E-state index contributed by atoms with van der Waals surface area (Å²) in [5.74, 6) is -8.85. The maximum atomic E-state index is 14.3. The van der Waals surface area contributed by atoms with E-state index in [1.54, 1.807) is 20.0 Å². The van der Waals surface area contributed by atoms with E-state index in [0.29, 0.717) is 37.1 Å². The predicted molar refractivity (Wildman–Crippen MR) is 314 cm³/mol. The van der Waals surface area contributed by atoms with Crippen molar-refractivity contribution >= 4 is 80.9 Å². The number of hydrogen-bond donors (Lipinski definition) is 15. The molecule has 1 aliphatic heterocycles. The number of nitrogens with one attached hydrogen (secondary N) is 12. The average Bonchev–Trinajstić information content (AvgIpc) is 2.13. The van der Waals surface area contributed by atoms with Gasteiger partial charge in [-0.05, 0) is 73.6 Å². The Morgan fingerprint density at radius 3 is 1.93 bits per heavy atom. The second kappa shape index (κ2) is 32.0. The van der Waals surface area contributed by atoms with E-state index >= 15 is 0 Å². The number of rotatable bonds is 30. The monoisotopic (exact) mass is 1220 g/mol. The number of para-hydroxylation sites is 2. The van der Waals surface area contributed by atoms with Gasteiger partial charge in [0.15, 0.2) is 0 Å². The fraction of sp³-hybridized carbons (Fsp3) is 0.500. The number of alkyl halides is 3. The third-order valence-electron chi connectivity index (χ3n) is 14.3. The number of primary amides is 2. The van der Waals surface area contributed by atoms with Crippen molar-refractivity contribution in [3.05, 3.63) is 89.8 Å². The van der Waals surface area contributed by atoms with Crippen LogP contribution in [-0.2, 0) is 73.8 Å². The van der Waals surface area contributed by atoms with Gasteiger partial charge in [0, 0.05) is 84.0 Å². The van der Waals surface area contributed by atoms with Gasteiger partial charge < -0.3 is 74.1 Å². The quantitative estimate of drug-likeness (QED) is 0.0305. The Labute approximate surface area is 500 Å². The smallest absolute Gasteiger partial charge is 0.475 e. The number of hydrogen-bond acceptors (Lipinski definition) is 13. The van der Waals surface area contributed by atoms with E-state index in [4.69, 9.17) is 21.4 Å². The van der Waals surface area contributed by atoms with Crippen molar-refractivity contribution in [2.24, 2.45) is 29.2 Å². The standard InChI is InChI=1S/C56H79N15O9.C2HF3O2/c1-29(2)18-35(25-61-42(50(58)74)19-30(3)4)66-55(79)45(21-34-24-59-28-64-34)68-48(73)27-63-56(80)49(31(5)6)71-51(75)32(7)65-54(78)44(20-33-23-60-39-14-10-8-12-36(33)39)70-52(76)41(16-17-47(57)72)69-53(77)43-22-38-37-13-9-11-15-40(37)67-46(38)26-62-43;3-2(4,5)1(6)7/h8-15,23-24,28-32,35,41-45,49,60-62,67H,16-22,25-27H2,1-7H3,(H2,57,72)(H2,58,74)(H,59,64)(H,63,80)(H,65,78)(H,66,79)(H,68,73)(H,69,77)(H,70,76)(H,71,75);(H,6,7)/t32-,35-,41-,42-,43+,44-,45-,49-;/m0./s1. The molecule has 0 saturated heterocycles. The summed E-state index contributed by atoms with van der Waals surface area (Å²) in [7, 11) is 0. The first-order valence-electron chi connectivity index (χ1n) is 28.5. The molecular weight excluding hydrogens is 1140 g/mol. The molecule has 4 heterocycles. The third kappa shape index (κ3) is 21.3. The van der Waals surface area contributed by atoms with Gasteiger partial charge in [0.1, 0.15) is 30.2 Å². The fourth-order valence-electron chi connectivity index (χ4n) is 9.82. The van der Waals surface area contributed by atoms with Gasteiger partial charge in [-0.2, -0.15) is 13.2 Å². The van der Waals surface area contributed by atoms with Crippen molar-refractivity contribution in [2.75, 3.05) is 13.1 Å². The molecule has 3 aromatic heterocycles. The Morgan fingerprint density at radius 2 is 1.32 bits per heavy atom. The van der Waals surface area contributed by atoms with Crippen LogP contribution in [0.25, 0.3) is 21.8 Å². The second-order valence-corrected chi connectivity index (χ2v) is 22.7. The molecule has 29 heteroatoms. The van der Waals surface area contributed by atoms with E-state index in [0.717, 1.165) is 33.1 Å². The molecule has 0 aliphatic carbocycles. The molecular formula is C58H80F3N15O11. The molecule has 5 aromatic rings. The van der Waals surface area contributed by atoms with Gasteiger partial charge in [-0.1, -0.05) is 77.9 Å². The Hall–Kier alpha value is -8.86. The fourth-order valence-corrected chi connectivity index (χ4v) is 9.82. The first-order chi connectivity index (χ1) is 41.0. The van der Waals surface area contributed by atoms with Crippen molar-refractivity contribution in [3.63, 3.8) is 0 Å². The highest BCUT2D eigenvalue weighted by Gasteiger charge is 2.39. The Balaban J connectivity index is 0.00000185. The highest BCUT2D eigenvalue weighted by molar-refractivity contribution is 5.98. The summed E-state index contributed by atoms with van der Waals surface area (Å²) in [5, 5.41) is 34.4. The summed E-state index contributed by atoms with van der Waals surface area (Å²) in [4.78, 5) is 144. The van der Waals surface area contributed by atoms with Gasteiger partial charge in [-0.15, -0.1) is 0 Å².